The molecule has 0 aliphatic carbocycles. The van der Waals surface area contributed by atoms with Gasteiger partial charge in [0.15, 0.2) is 0 Å². The van der Waals surface area contributed by atoms with Gasteiger partial charge in [-0.1, -0.05) is 23.9 Å². The molecule has 0 fully saturated rings. The topological polar surface area (TPSA) is 51.8 Å². The van der Waals surface area contributed by atoms with Gasteiger partial charge in [0, 0.05) is 16.5 Å². The van der Waals surface area contributed by atoms with Gasteiger partial charge < -0.3 is 5.73 Å². The lowest BCUT2D eigenvalue weighted by atomic mass is 10.1. The van der Waals surface area contributed by atoms with Crippen molar-refractivity contribution in [3.8, 4) is 11.3 Å². The summed E-state index contributed by atoms with van der Waals surface area (Å²) in [5.41, 5.74) is 7.03. The lowest BCUT2D eigenvalue weighted by Gasteiger charge is -2.03. The van der Waals surface area contributed by atoms with Crippen LogP contribution in [0, 0.1) is 0 Å². The standard InChI is InChI=1S/C11H9F2N3S/c12-11(13)17-8-3-1-7(2-4-8)9-5-10(14)16-6-15-9/h1-6,11H,(H2,14,15,16). The van der Waals surface area contributed by atoms with Crippen LogP contribution < -0.4 is 5.73 Å². The highest BCUT2D eigenvalue weighted by Crippen LogP contribution is 2.27. The fourth-order valence-electron chi connectivity index (χ4n) is 1.34. The molecule has 17 heavy (non-hydrogen) atoms. The van der Waals surface area contributed by atoms with E-state index in [9.17, 15) is 8.78 Å². The molecule has 0 saturated heterocycles. The number of aromatic nitrogens is 2. The van der Waals surface area contributed by atoms with Crippen molar-refractivity contribution in [1.82, 2.24) is 9.97 Å². The first-order valence-electron chi connectivity index (χ1n) is 4.78. The maximum atomic E-state index is 12.1. The van der Waals surface area contributed by atoms with Gasteiger partial charge in [-0.3, -0.25) is 0 Å². The molecule has 0 radical (unpaired) electrons. The van der Waals surface area contributed by atoms with Crippen LogP contribution in [-0.2, 0) is 0 Å². The minimum absolute atomic E-state index is 0.376. The Hall–Kier alpha value is -1.69. The van der Waals surface area contributed by atoms with Crippen molar-refractivity contribution in [2.45, 2.75) is 10.7 Å². The van der Waals surface area contributed by atoms with Gasteiger partial charge in [-0.2, -0.15) is 8.78 Å². The van der Waals surface area contributed by atoms with Gasteiger partial charge in [-0.25, -0.2) is 9.97 Å². The molecule has 2 rings (SSSR count). The molecule has 1 heterocycles. The SMILES string of the molecule is Nc1cc(-c2ccc(SC(F)F)cc2)ncn1. The molecular weight excluding hydrogens is 244 g/mol. The third-order valence-electron chi connectivity index (χ3n) is 2.06. The number of nitrogens with two attached hydrogens (primary N) is 1. The first-order chi connectivity index (χ1) is 8.15. The summed E-state index contributed by atoms with van der Waals surface area (Å²) in [4.78, 5) is 8.36. The normalized spacial score (nSPS) is 10.8. The fourth-order valence-corrected chi connectivity index (χ4v) is 1.84. The number of nitrogens with zero attached hydrogens (tertiary/aromatic N) is 2. The minimum Gasteiger partial charge on any atom is -0.384 e. The third-order valence-corrected chi connectivity index (χ3v) is 2.79. The molecule has 6 heteroatoms. The van der Waals surface area contributed by atoms with Crippen molar-refractivity contribution in [2.24, 2.45) is 0 Å². The molecule has 0 unspecified atom stereocenters. The van der Waals surface area contributed by atoms with Crippen LogP contribution in [0.25, 0.3) is 11.3 Å². The molecule has 0 aliphatic rings. The first-order valence-corrected chi connectivity index (χ1v) is 5.66. The van der Waals surface area contributed by atoms with Gasteiger partial charge in [0.2, 0.25) is 0 Å². The zero-order valence-electron chi connectivity index (χ0n) is 8.68. The van der Waals surface area contributed by atoms with Gasteiger partial charge in [-0.05, 0) is 12.1 Å². The molecule has 0 spiro atoms. The summed E-state index contributed by atoms with van der Waals surface area (Å²) in [5, 5.41) is 0. The fraction of sp³-hybridized carbons (Fsp3) is 0.0909. The molecule has 2 aromatic rings. The summed E-state index contributed by atoms with van der Waals surface area (Å²) in [7, 11) is 0. The van der Waals surface area contributed by atoms with Crippen molar-refractivity contribution in [1.29, 1.82) is 0 Å². The molecule has 1 aromatic carbocycles. The Kier molecular flexibility index (Phi) is 3.53. The van der Waals surface area contributed by atoms with Gasteiger partial charge in [0.05, 0.1) is 5.69 Å². The van der Waals surface area contributed by atoms with Crippen molar-refractivity contribution in [3.63, 3.8) is 0 Å². The van der Waals surface area contributed by atoms with Crippen LogP contribution in [0.15, 0.2) is 41.6 Å². The number of nitrogen functional groups attached to an aromatic ring is 1. The first kappa shape index (κ1) is 11.8. The van der Waals surface area contributed by atoms with E-state index in [0.29, 0.717) is 28.2 Å². The van der Waals surface area contributed by atoms with E-state index >= 15 is 0 Å². The molecule has 0 amide bonds. The number of halogens is 2. The second kappa shape index (κ2) is 5.09. The Balaban J connectivity index is 2.23. The Morgan fingerprint density at radius 1 is 1.12 bits per heavy atom. The van der Waals surface area contributed by atoms with E-state index in [4.69, 9.17) is 5.73 Å². The summed E-state index contributed by atoms with van der Waals surface area (Å²) in [6.45, 7) is 0. The zero-order chi connectivity index (χ0) is 12.3. The minimum atomic E-state index is -2.41. The van der Waals surface area contributed by atoms with Crippen LogP contribution in [-0.4, -0.2) is 15.7 Å². The number of hydrogen-bond donors (Lipinski definition) is 1. The molecule has 1 aromatic heterocycles. The van der Waals surface area contributed by atoms with Gasteiger partial charge in [0.1, 0.15) is 12.1 Å². The average molecular weight is 253 g/mol. The number of hydrogen-bond acceptors (Lipinski definition) is 4. The van der Waals surface area contributed by atoms with E-state index in [2.05, 4.69) is 9.97 Å². The number of anilines is 1. The Labute approximate surface area is 101 Å². The van der Waals surface area contributed by atoms with Crippen LogP contribution in [0.2, 0.25) is 0 Å². The predicted molar refractivity (Wildman–Crippen MR) is 63.7 cm³/mol. The number of alkyl halides is 2. The summed E-state index contributed by atoms with van der Waals surface area (Å²) in [6, 6.07) is 8.35. The number of rotatable bonds is 3. The highest BCUT2D eigenvalue weighted by atomic mass is 32.2. The summed E-state index contributed by atoms with van der Waals surface area (Å²) >= 11 is 0.515. The van der Waals surface area contributed by atoms with Gasteiger partial charge in [-0.15, -0.1) is 0 Å². The number of benzene rings is 1. The molecule has 88 valence electrons. The van der Waals surface area contributed by atoms with Crippen molar-refractivity contribution in [3.05, 3.63) is 36.7 Å². The highest BCUT2D eigenvalue weighted by Gasteiger charge is 2.06. The van der Waals surface area contributed by atoms with E-state index in [1.165, 1.54) is 6.33 Å². The van der Waals surface area contributed by atoms with Crippen LogP contribution in [0.5, 0.6) is 0 Å². The smallest absolute Gasteiger partial charge is 0.288 e. The molecule has 3 nitrogen and oxygen atoms in total. The zero-order valence-corrected chi connectivity index (χ0v) is 9.49. The Morgan fingerprint density at radius 3 is 2.41 bits per heavy atom. The molecule has 0 saturated carbocycles. The van der Waals surface area contributed by atoms with E-state index in [0.717, 1.165) is 5.56 Å². The van der Waals surface area contributed by atoms with E-state index in [1.807, 2.05) is 0 Å². The molecule has 0 bridgehead atoms. The van der Waals surface area contributed by atoms with Crippen LogP contribution in [0.4, 0.5) is 14.6 Å². The summed E-state index contributed by atoms with van der Waals surface area (Å²) in [5.74, 6) is -2.03. The molecule has 0 aliphatic heterocycles. The lowest BCUT2D eigenvalue weighted by molar-refractivity contribution is 0.252. The van der Waals surface area contributed by atoms with Crippen molar-refractivity contribution in [2.75, 3.05) is 5.73 Å². The maximum Gasteiger partial charge on any atom is 0.288 e. The Morgan fingerprint density at radius 2 is 1.82 bits per heavy atom. The summed E-state index contributed by atoms with van der Waals surface area (Å²) < 4.78 is 24.2. The maximum absolute atomic E-state index is 12.1. The Bertz CT molecular complexity index is 502. The second-order valence-corrected chi connectivity index (χ2v) is 4.29. The molecular formula is C11H9F2N3S. The van der Waals surface area contributed by atoms with E-state index < -0.39 is 5.76 Å². The predicted octanol–water partition coefficient (Wildman–Crippen LogP) is 3.04. The quantitative estimate of drug-likeness (QED) is 0.854. The van der Waals surface area contributed by atoms with Crippen LogP contribution in [0.1, 0.15) is 0 Å². The third kappa shape index (κ3) is 3.13. The second-order valence-electron chi connectivity index (χ2n) is 3.23. The highest BCUT2D eigenvalue weighted by molar-refractivity contribution is 7.99. The average Bonchev–Trinajstić information content (AvgIpc) is 2.29. The molecule has 0 atom stereocenters. The van der Waals surface area contributed by atoms with E-state index in [-0.39, 0.29) is 0 Å². The van der Waals surface area contributed by atoms with Crippen molar-refractivity contribution >= 4 is 17.6 Å². The van der Waals surface area contributed by atoms with Crippen LogP contribution in [0.3, 0.4) is 0 Å². The summed E-state index contributed by atoms with van der Waals surface area (Å²) in [6.07, 6.45) is 1.37. The lowest BCUT2D eigenvalue weighted by Crippen LogP contribution is -1.92. The van der Waals surface area contributed by atoms with Crippen LogP contribution >= 0.6 is 11.8 Å². The van der Waals surface area contributed by atoms with E-state index in [1.54, 1.807) is 30.3 Å². The number of thioether (sulfide) groups is 1. The molecule has 2 N–H and O–H groups in total. The van der Waals surface area contributed by atoms with Gasteiger partial charge >= 0.3 is 0 Å². The van der Waals surface area contributed by atoms with Gasteiger partial charge in [0.25, 0.3) is 5.76 Å². The van der Waals surface area contributed by atoms with Crippen molar-refractivity contribution < 1.29 is 8.78 Å². The monoisotopic (exact) mass is 253 g/mol. The largest absolute Gasteiger partial charge is 0.384 e.